The van der Waals surface area contributed by atoms with Gasteiger partial charge in [-0.25, -0.2) is 0 Å². The number of hydrogen-bond donors (Lipinski definition) is 0. The predicted molar refractivity (Wildman–Crippen MR) is 72.2 cm³/mol. The van der Waals surface area contributed by atoms with Gasteiger partial charge in [-0.3, -0.25) is 0 Å². The molecule has 1 saturated heterocycles. The molecule has 1 heterocycles. The van der Waals surface area contributed by atoms with Crippen molar-refractivity contribution in [3.63, 3.8) is 0 Å². The van der Waals surface area contributed by atoms with E-state index in [0.29, 0.717) is 5.92 Å². The lowest BCUT2D eigenvalue weighted by atomic mass is 9.66. The van der Waals surface area contributed by atoms with E-state index >= 15 is 0 Å². The highest BCUT2D eigenvalue weighted by molar-refractivity contribution is 5.26. The molecule has 2 fully saturated rings. The maximum atomic E-state index is 5.94. The molecule has 1 saturated carbocycles. The van der Waals surface area contributed by atoms with Crippen LogP contribution in [-0.2, 0) is 9.47 Å². The third-order valence-electron chi connectivity index (χ3n) is 5.22. The summed E-state index contributed by atoms with van der Waals surface area (Å²) >= 11 is 0. The van der Waals surface area contributed by atoms with Gasteiger partial charge < -0.3 is 9.47 Å². The first-order chi connectivity index (χ1) is 8.61. The Bertz CT molecular complexity index is 350. The molecule has 1 spiro atoms. The normalized spacial score (nSPS) is 35.3. The van der Waals surface area contributed by atoms with E-state index in [-0.39, 0.29) is 5.79 Å². The van der Waals surface area contributed by atoms with Gasteiger partial charge in [-0.2, -0.15) is 0 Å². The second-order valence-electron chi connectivity index (χ2n) is 6.65. The molecule has 2 aliphatic carbocycles. The molecule has 18 heavy (non-hydrogen) atoms. The molecule has 0 aromatic carbocycles. The Labute approximate surface area is 111 Å². The van der Waals surface area contributed by atoms with E-state index < -0.39 is 0 Å². The molecule has 2 atom stereocenters. The number of ether oxygens (including phenoxy) is 2. The molecule has 3 aliphatic rings. The van der Waals surface area contributed by atoms with Gasteiger partial charge in [0.25, 0.3) is 0 Å². The first-order valence-corrected chi connectivity index (χ1v) is 7.61. The summed E-state index contributed by atoms with van der Waals surface area (Å²) in [5.74, 6) is 2.09. The minimum absolute atomic E-state index is 0.247. The molecule has 0 bridgehead atoms. The quantitative estimate of drug-likeness (QED) is 0.657. The van der Waals surface area contributed by atoms with E-state index in [9.17, 15) is 0 Å². The fraction of sp³-hybridized carbons (Fsp3) is 0.875. The van der Waals surface area contributed by atoms with Gasteiger partial charge in [0.15, 0.2) is 5.79 Å². The van der Waals surface area contributed by atoms with Crippen molar-refractivity contribution < 1.29 is 9.47 Å². The molecular formula is C16H26O2. The number of fused-ring (bicyclic) bond motifs is 1. The van der Waals surface area contributed by atoms with Crippen molar-refractivity contribution in [2.45, 2.75) is 58.7 Å². The summed E-state index contributed by atoms with van der Waals surface area (Å²) in [4.78, 5) is 0. The zero-order chi connectivity index (χ0) is 12.8. The number of rotatable bonds is 1. The van der Waals surface area contributed by atoms with E-state index in [1.165, 1.54) is 19.3 Å². The Morgan fingerprint density at radius 3 is 2.56 bits per heavy atom. The molecule has 1 aliphatic heterocycles. The molecule has 0 N–H and O–H groups in total. The molecule has 2 heteroatoms. The molecule has 2 nitrogen and oxygen atoms in total. The van der Waals surface area contributed by atoms with Crippen LogP contribution in [0, 0.1) is 17.8 Å². The lowest BCUT2D eigenvalue weighted by Gasteiger charge is -2.44. The summed E-state index contributed by atoms with van der Waals surface area (Å²) in [6, 6.07) is 0. The molecule has 0 amide bonds. The molecule has 0 unspecified atom stereocenters. The van der Waals surface area contributed by atoms with Gasteiger partial charge in [0.2, 0.25) is 0 Å². The fourth-order valence-corrected chi connectivity index (χ4v) is 4.19. The molecule has 102 valence electrons. The Hall–Kier alpha value is -0.340. The van der Waals surface area contributed by atoms with Crippen LogP contribution >= 0.6 is 0 Å². The standard InChI is InChI=1S/C16H26O2/c1-11(2)13-5-4-12(3)14-6-7-16(10-15(13)14)17-8-9-18-16/h11-12,14H,4-10H2,1-3H3/t12-,14+/m1/s1. The van der Waals surface area contributed by atoms with Crippen molar-refractivity contribution in [3.05, 3.63) is 11.1 Å². The van der Waals surface area contributed by atoms with Crippen LogP contribution in [0.1, 0.15) is 52.9 Å². The van der Waals surface area contributed by atoms with Crippen LogP contribution in [0.5, 0.6) is 0 Å². The minimum atomic E-state index is -0.247. The highest BCUT2D eigenvalue weighted by Gasteiger charge is 2.45. The third kappa shape index (κ3) is 2.04. The predicted octanol–water partition coefficient (Wildman–Crippen LogP) is 3.91. The second-order valence-corrected chi connectivity index (χ2v) is 6.65. The van der Waals surface area contributed by atoms with E-state index in [2.05, 4.69) is 20.8 Å². The Morgan fingerprint density at radius 1 is 1.17 bits per heavy atom. The van der Waals surface area contributed by atoms with E-state index in [0.717, 1.165) is 37.9 Å². The van der Waals surface area contributed by atoms with Gasteiger partial charge >= 0.3 is 0 Å². The van der Waals surface area contributed by atoms with E-state index in [1.807, 2.05) is 0 Å². The van der Waals surface area contributed by atoms with Gasteiger partial charge in [0.1, 0.15) is 0 Å². The topological polar surface area (TPSA) is 18.5 Å². The first-order valence-electron chi connectivity index (χ1n) is 7.61. The maximum Gasteiger partial charge on any atom is 0.172 e. The molecule has 3 rings (SSSR count). The number of hydrogen-bond acceptors (Lipinski definition) is 2. The van der Waals surface area contributed by atoms with Crippen LogP contribution in [0.3, 0.4) is 0 Å². The van der Waals surface area contributed by atoms with Crippen LogP contribution in [0.4, 0.5) is 0 Å². The van der Waals surface area contributed by atoms with Crippen LogP contribution in [0.25, 0.3) is 0 Å². The monoisotopic (exact) mass is 250 g/mol. The van der Waals surface area contributed by atoms with Crippen LogP contribution in [0.15, 0.2) is 11.1 Å². The van der Waals surface area contributed by atoms with Crippen molar-refractivity contribution >= 4 is 0 Å². The largest absolute Gasteiger partial charge is 0.347 e. The average molecular weight is 250 g/mol. The number of allylic oxidation sites excluding steroid dienone is 1. The summed E-state index contributed by atoms with van der Waals surface area (Å²) in [5, 5.41) is 0. The van der Waals surface area contributed by atoms with Gasteiger partial charge in [0.05, 0.1) is 13.2 Å². The zero-order valence-electron chi connectivity index (χ0n) is 12.0. The lowest BCUT2D eigenvalue weighted by molar-refractivity contribution is -0.173. The van der Waals surface area contributed by atoms with Gasteiger partial charge in [-0.15, -0.1) is 0 Å². The maximum absolute atomic E-state index is 5.94. The van der Waals surface area contributed by atoms with Gasteiger partial charge in [-0.1, -0.05) is 31.9 Å². The summed E-state index contributed by atoms with van der Waals surface area (Å²) in [6.45, 7) is 8.67. The zero-order valence-corrected chi connectivity index (χ0v) is 12.0. The Kier molecular flexibility index (Phi) is 3.27. The van der Waals surface area contributed by atoms with E-state index in [4.69, 9.17) is 9.47 Å². The first kappa shape index (κ1) is 12.7. The summed E-state index contributed by atoms with van der Waals surface area (Å²) in [5.41, 5.74) is 3.40. The van der Waals surface area contributed by atoms with E-state index in [1.54, 1.807) is 11.1 Å². The molecular weight excluding hydrogens is 224 g/mol. The molecule has 0 aromatic rings. The molecule has 0 aromatic heterocycles. The summed E-state index contributed by atoms with van der Waals surface area (Å²) in [6.07, 6.45) is 6.05. The van der Waals surface area contributed by atoms with Crippen molar-refractivity contribution in [1.29, 1.82) is 0 Å². The van der Waals surface area contributed by atoms with Crippen molar-refractivity contribution in [3.8, 4) is 0 Å². The SMILES string of the molecule is CC(C)C1=C2CC3(CC[C@H]2[C@H](C)CC1)OCCO3. The van der Waals surface area contributed by atoms with Gasteiger partial charge in [-0.05, 0) is 37.0 Å². The molecule has 0 radical (unpaired) electrons. The fourth-order valence-electron chi connectivity index (χ4n) is 4.19. The van der Waals surface area contributed by atoms with Crippen molar-refractivity contribution in [2.24, 2.45) is 17.8 Å². The smallest absolute Gasteiger partial charge is 0.172 e. The van der Waals surface area contributed by atoms with Crippen molar-refractivity contribution in [1.82, 2.24) is 0 Å². The Morgan fingerprint density at radius 2 is 1.89 bits per heavy atom. The van der Waals surface area contributed by atoms with Crippen LogP contribution < -0.4 is 0 Å². The Balaban J connectivity index is 1.91. The minimum Gasteiger partial charge on any atom is -0.347 e. The third-order valence-corrected chi connectivity index (χ3v) is 5.22. The highest BCUT2D eigenvalue weighted by Crippen LogP contribution is 2.50. The summed E-state index contributed by atoms with van der Waals surface area (Å²) < 4.78 is 11.9. The van der Waals surface area contributed by atoms with Crippen molar-refractivity contribution in [2.75, 3.05) is 13.2 Å². The van der Waals surface area contributed by atoms with Crippen LogP contribution in [0.2, 0.25) is 0 Å². The van der Waals surface area contributed by atoms with Gasteiger partial charge in [0, 0.05) is 12.8 Å². The lowest BCUT2D eigenvalue weighted by Crippen LogP contribution is -2.40. The highest BCUT2D eigenvalue weighted by atomic mass is 16.7. The summed E-state index contributed by atoms with van der Waals surface area (Å²) in [7, 11) is 0. The second kappa shape index (κ2) is 4.64. The van der Waals surface area contributed by atoms with Crippen LogP contribution in [-0.4, -0.2) is 19.0 Å². The average Bonchev–Trinajstić information content (AvgIpc) is 2.77.